The maximum Gasteiger partial charge on any atom is 0.253 e. The van der Waals surface area contributed by atoms with Crippen molar-refractivity contribution in [1.29, 1.82) is 0 Å². The van der Waals surface area contributed by atoms with Crippen molar-refractivity contribution in [2.24, 2.45) is 0 Å². The van der Waals surface area contributed by atoms with Crippen molar-refractivity contribution in [2.75, 3.05) is 26.2 Å². The van der Waals surface area contributed by atoms with E-state index in [0.29, 0.717) is 19.7 Å². The number of carbonyl (C=O) groups excluding carboxylic acids is 1. The van der Waals surface area contributed by atoms with E-state index in [1.807, 2.05) is 32.0 Å². The summed E-state index contributed by atoms with van der Waals surface area (Å²) >= 11 is 0. The maximum absolute atomic E-state index is 12.7. The Balaban J connectivity index is 1.97. The van der Waals surface area contributed by atoms with Crippen LogP contribution in [0.5, 0.6) is 0 Å². The lowest BCUT2D eigenvalue weighted by Gasteiger charge is -2.36. The first-order chi connectivity index (χ1) is 11.0. The quantitative estimate of drug-likeness (QED) is 0.863. The number of rotatable bonds is 6. The van der Waals surface area contributed by atoms with Crippen LogP contribution in [0.15, 0.2) is 30.3 Å². The summed E-state index contributed by atoms with van der Waals surface area (Å²) < 4.78 is 5.71. The summed E-state index contributed by atoms with van der Waals surface area (Å²) in [5, 5.41) is 9.62. The fraction of sp³-hybridized carbons (Fsp3) is 0.611. The van der Waals surface area contributed by atoms with Gasteiger partial charge in [-0.2, -0.15) is 0 Å². The van der Waals surface area contributed by atoms with E-state index in [1.165, 1.54) is 5.56 Å². The molecule has 0 saturated carbocycles. The van der Waals surface area contributed by atoms with Gasteiger partial charge in [-0.15, -0.1) is 0 Å². The summed E-state index contributed by atoms with van der Waals surface area (Å²) in [6.07, 6.45) is -0.987. The maximum atomic E-state index is 12.7. The minimum Gasteiger partial charge on any atom is -0.392 e. The fourth-order valence-electron chi connectivity index (χ4n) is 2.86. The van der Waals surface area contributed by atoms with Crippen LogP contribution in [-0.2, 0) is 16.1 Å². The molecule has 2 atom stereocenters. The zero-order valence-corrected chi connectivity index (χ0v) is 14.3. The SMILES string of the molecule is CC(O)CN(C(=O)C1CN(Cc2ccccc2)CCO1)C(C)C. The highest BCUT2D eigenvalue weighted by Crippen LogP contribution is 2.14. The van der Waals surface area contributed by atoms with Crippen LogP contribution in [0, 0.1) is 0 Å². The molecule has 0 radical (unpaired) electrons. The van der Waals surface area contributed by atoms with Crippen LogP contribution >= 0.6 is 0 Å². The summed E-state index contributed by atoms with van der Waals surface area (Å²) in [7, 11) is 0. The van der Waals surface area contributed by atoms with Gasteiger partial charge in [0.05, 0.1) is 12.7 Å². The molecule has 128 valence electrons. The number of morpholine rings is 1. The van der Waals surface area contributed by atoms with Gasteiger partial charge in [0.25, 0.3) is 5.91 Å². The van der Waals surface area contributed by atoms with Gasteiger partial charge >= 0.3 is 0 Å². The average Bonchev–Trinajstić information content (AvgIpc) is 2.53. The molecule has 0 bridgehead atoms. The first kappa shape index (κ1) is 17.9. The lowest BCUT2D eigenvalue weighted by Crippen LogP contribution is -2.53. The zero-order valence-electron chi connectivity index (χ0n) is 14.3. The number of amides is 1. The van der Waals surface area contributed by atoms with Gasteiger partial charge in [-0.1, -0.05) is 30.3 Å². The van der Waals surface area contributed by atoms with Crippen LogP contribution in [0.3, 0.4) is 0 Å². The Morgan fingerprint density at radius 1 is 1.35 bits per heavy atom. The normalized spacial score (nSPS) is 20.5. The lowest BCUT2D eigenvalue weighted by atomic mass is 10.1. The second-order valence-electron chi connectivity index (χ2n) is 6.51. The predicted molar refractivity (Wildman–Crippen MR) is 90.0 cm³/mol. The van der Waals surface area contributed by atoms with E-state index in [-0.39, 0.29) is 11.9 Å². The molecule has 0 aromatic heterocycles. The summed E-state index contributed by atoms with van der Waals surface area (Å²) in [4.78, 5) is 16.7. The van der Waals surface area contributed by atoms with Gasteiger partial charge in [-0.3, -0.25) is 9.69 Å². The number of carbonyl (C=O) groups is 1. The Labute approximate surface area is 138 Å². The van der Waals surface area contributed by atoms with Gasteiger partial charge in [-0.05, 0) is 26.3 Å². The van der Waals surface area contributed by atoms with E-state index in [1.54, 1.807) is 11.8 Å². The van der Waals surface area contributed by atoms with Gasteiger partial charge in [0.1, 0.15) is 6.10 Å². The van der Waals surface area contributed by atoms with Crippen molar-refractivity contribution >= 4 is 5.91 Å². The third-order valence-electron chi connectivity index (χ3n) is 4.04. The number of ether oxygens (including phenoxy) is 1. The first-order valence-corrected chi connectivity index (χ1v) is 8.33. The fourth-order valence-corrected chi connectivity index (χ4v) is 2.86. The van der Waals surface area contributed by atoms with E-state index in [9.17, 15) is 9.90 Å². The predicted octanol–water partition coefficient (Wildman–Crippen LogP) is 1.51. The highest BCUT2D eigenvalue weighted by molar-refractivity contribution is 5.81. The van der Waals surface area contributed by atoms with E-state index < -0.39 is 12.2 Å². The standard InChI is InChI=1S/C18H28N2O3/c1-14(2)20(11-15(3)21)18(22)17-13-19(9-10-23-17)12-16-7-5-4-6-8-16/h4-8,14-15,17,21H,9-13H2,1-3H3. The van der Waals surface area contributed by atoms with Crippen LogP contribution in [0.25, 0.3) is 0 Å². The molecule has 1 aliphatic rings. The topological polar surface area (TPSA) is 53.0 Å². The molecule has 1 aromatic carbocycles. The number of hydrogen-bond acceptors (Lipinski definition) is 4. The first-order valence-electron chi connectivity index (χ1n) is 8.33. The Morgan fingerprint density at radius 2 is 2.04 bits per heavy atom. The Morgan fingerprint density at radius 3 is 2.65 bits per heavy atom. The average molecular weight is 320 g/mol. The van der Waals surface area contributed by atoms with Crippen LogP contribution in [0.4, 0.5) is 0 Å². The molecular formula is C18H28N2O3. The lowest BCUT2D eigenvalue weighted by molar-refractivity contribution is -0.152. The highest BCUT2D eigenvalue weighted by Gasteiger charge is 2.31. The van der Waals surface area contributed by atoms with Crippen LogP contribution in [0.2, 0.25) is 0 Å². The zero-order chi connectivity index (χ0) is 16.8. The number of benzene rings is 1. The van der Waals surface area contributed by atoms with Crippen molar-refractivity contribution in [1.82, 2.24) is 9.80 Å². The molecule has 1 N–H and O–H groups in total. The van der Waals surface area contributed by atoms with E-state index in [4.69, 9.17) is 4.74 Å². The van der Waals surface area contributed by atoms with Gasteiger partial charge in [0.2, 0.25) is 0 Å². The van der Waals surface area contributed by atoms with Gasteiger partial charge in [0, 0.05) is 32.2 Å². The van der Waals surface area contributed by atoms with E-state index in [0.717, 1.165) is 13.1 Å². The third-order valence-corrected chi connectivity index (χ3v) is 4.04. The second-order valence-corrected chi connectivity index (χ2v) is 6.51. The third kappa shape index (κ3) is 5.30. The smallest absolute Gasteiger partial charge is 0.253 e. The van der Waals surface area contributed by atoms with Gasteiger partial charge in [-0.25, -0.2) is 0 Å². The molecule has 1 aromatic rings. The Kier molecular flexibility index (Phi) is 6.57. The Bertz CT molecular complexity index is 490. The van der Waals surface area contributed by atoms with Gasteiger partial charge in [0.15, 0.2) is 0 Å². The summed E-state index contributed by atoms with van der Waals surface area (Å²) in [5.41, 5.74) is 1.24. The number of hydrogen-bond donors (Lipinski definition) is 1. The number of aliphatic hydroxyl groups is 1. The molecular weight excluding hydrogens is 292 g/mol. The van der Waals surface area contributed by atoms with E-state index in [2.05, 4.69) is 17.0 Å². The molecule has 0 spiro atoms. The summed E-state index contributed by atoms with van der Waals surface area (Å²) in [6.45, 7) is 8.78. The Hall–Kier alpha value is -1.43. The van der Waals surface area contributed by atoms with Crippen LogP contribution in [0.1, 0.15) is 26.3 Å². The van der Waals surface area contributed by atoms with E-state index >= 15 is 0 Å². The highest BCUT2D eigenvalue weighted by atomic mass is 16.5. The molecule has 5 heteroatoms. The summed E-state index contributed by atoms with van der Waals surface area (Å²) in [5.74, 6) is -0.0290. The van der Waals surface area contributed by atoms with Crippen molar-refractivity contribution in [2.45, 2.75) is 45.6 Å². The molecule has 23 heavy (non-hydrogen) atoms. The molecule has 1 aliphatic heterocycles. The molecule has 2 rings (SSSR count). The van der Waals surface area contributed by atoms with Crippen LogP contribution in [-0.4, -0.2) is 65.3 Å². The molecule has 1 saturated heterocycles. The molecule has 0 aliphatic carbocycles. The minimum absolute atomic E-state index is 0.0290. The van der Waals surface area contributed by atoms with Crippen LogP contribution < -0.4 is 0 Å². The molecule has 1 amide bonds. The van der Waals surface area contributed by atoms with Crippen molar-refractivity contribution in [3.05, 3.63) is 35.9 Å². The summed E-state index contributed by atoms with van der Waals surface area (Å²) in [6, 6.07) is 10.3. The monoisotopic (exact) mass is 320 g/mol. The number of aliphatic hydroxyl groups excluding tert-OH is 1. The minimum atomic E-state index is -0.537. The molecule has 1 fully saturated rings. The second kappa shape index (κ2) is 8.43. The van der Waals surface area contributed by atoms with Crippen molar-refractivity contribution < 1.29 is 14.6 Å². The molecule has 5 nitrogen and oxygen atoms in total. The van der Waals surface area contributed by atoms with Crippen molar-refractivity contribution in [3.63, 3.8) is 0 Å². The largest absolute Gasteiger partial charge is 0.392 e. The molecule has 2 unspecified atom stereocenters. The number of nitrogens with zero attached hydrogens (tertiary/aromatic N) is 2. The van der Waals surface area contributed by atoms with Gasteiger partial charge < -0.3 is 14.7 Å². The van der Waals surface area contributed by atoms with Crippen molar-refractivity contribution in [3.8, 4) is 0 Å². The molecule has 1 heterocycles.